The van der Waals surface area contributed by atoms with E-state index in [0.717, 1.165) is 12.8 Å². The number of rotatable bonds is 7. The van der Waals surface area contributed by atoms with Gasteiger partial charge in [0.1, 0.15) is 0 Å². The molecule has 1 N–H and O–H groups in total. The Balaban J connectivity index is 1.57. The molecule has 5 heteroatoms. The van der Waals surface area contributed by atoms with Crippen LogP contribution < -0.4 is 14.4 Å². The molecule has 0 fully saturated rings. The first-order chi connectivity index (χ1) is 14.9. The zero-order valence-corrected chi connectivity index (χ0v) is 18.0. The van der Waals surface area contributed by atoms with Crippen LogP contribution in [0.3, 0.4) is 0 Å². The van der Waals surface area contributed by atoms with Crippen molar-refractivity contribution in [2.24, 2.45) is 0 Å². The van der Waals surface area contributed by atoms with Gasteiger partial charge in [0.25, 0.3) is 5.91 Å². The van der Waals surface area contributed by atoms with E-state index in [9.17, 15) is 9.90 Å². The third-order valence-electron chi connectivity index (χ3n) is 5.72. The van der Waals surface area contributed by atoms with Gasteiger partial charge in [-0.05, 0) is 50.5 Å². The Morgan fingerprint density at radius 3 is 2.42 bits per heavy atom. The van der Waals surface area contributed by atoms with Gasteiger partial charge >= 0.3 is 0 Å². The largest absolute Gasteiger partial charge is 0.493 e. The highest BCUT2D eigenvalue weighted by Gasteiger charge is 2.45. The molecule has 3 aromatic rings. The number of ether oxygens (including phenoxy) is 2. The molecule has 160 valence electrons. The van der Waals surface area contributed by atoms with Crippen LogP contribution in [0.5, 0.6) is 11.5 Å². The van der Waals surface area contributed by atoms with Gasteiger partial charge in [-0.25, -0.2) is 0 Å². The van der Waals surface area contributed by atoms with Gasteiger partial charge in [-0.15, -0.1) is 0 Å². The first-order valence-corrected chi connectivity index (χ1v) is 10.5. The lowest BCUT2D eigenvalue weighted by molar-refractivity contribution is 0.0554. The summed E-state index contributed by atoms with van der Waals surface area (Å²) in [6, 6.07) is 22.7. The Bertz CT molecular complexity index is 1080. The van der Waals surface area contributed by atoms with E-state index in [1.54, 1.807) is 50.4 Å². The number of amides is 1. The lowest BCUT2D eigenvalue weighted by atomic mass is 10.0. The van der Waals surface area contributed by atoms with Gasteiger partial charge < -0.3 is 14.6 Å². The van der Waals surface area contributed by atoms with Crippen LogP contribution in [0.1, 0.15) is 41.8 Å². The molecule has 2 unspecified atom stereocenters. The third-order valence-corrected chi connectivity index (χ3v) is 5.72. The quantitative estimate of drug-likeness (QED) is 0.593. The predicted octanol–water partition coefficient (Wildman–Crippen LogP) is 4.92. The second-order valence-corrected chi connectivity index (χ2v) is 7.99. The SMILES string of the molecule is COc1ccc(N2C(=O)c3ccccc3C2(C)O)cc1OC(C)CCc1ccccc1. The molecule has 0 aromatic heterocycles. The van der Waals surface area contributed by atoms with E-state index >= 15 is 0 Å². The van der Waals surface area contributed by atoms with Crippen molar-refractivity contribution in [1.29, 1.82) is 0 Å². The number of fused-ring (bicyclic) bond motifs is 1. The van der Waals surface area contributed by atoms with Crippen molar-refractivity contribution >= 4 is 11.6 Å². The van der Waals surface area contributed by atoms with Crippen molar-refractivity contribution in [2.45, 2.75) is 38.5 Å². The fourth-order valence-electron chi connectivity index (χ4n) is 4.08. The van der Waals surface area contributed by atoms with Crippen LogP contribution in [0, 0.1) is 0 Å². The highest BCUT2D eigenvalue weighted by atomic mass is 16.5. The molecule has 3 aromatic carbocycles. The van der Waals surface area contributed by atoms with Crippen LogP contribution in [-0.2, 0) is 12.1 Å². The van der Waals surface area contributed by atoms with Crippen LogP contribution in [0.15, 0.2) is 72.8 Å². The molecule has 0 saturated heterocycles. The Kier molecular flexibility index (Phi) is 5.70. The molecule has 1 aliphatic rings. The number of anilines is 1. The van der Waals surface area contributed by atoms with Gasteiger partial charge in [-0.3, -0.25) is 9.69 Å². The number of methoxy groups -OCH3 is 1. The summed E-state index contributed by atoms with van der Waals surface area (Å²) in [5, 5.41) is 11.2. The molecule has 4 rings (SSSR count). The monoisotopic (exact) mass is 417 g/mol. The summed E-state index contributed by atoms with van der Waals surface area (Å²) in [6.07, 6.45) is 1.68. The Hall–Kier alpha value is -3.31. The third kappa shape index (κ3) is 4.01. The van der Waals surface area contributed by atoms with Gasteiger partial charge in [0.2, 0.25) is 0 Å². The maximum Gasteiger partial charge on any atom is 0.261 e. The van der Waals surface area contributed by atoms with Crippen molar-refractivity contribution in [3.05, 3.63) is 89.5 Å². The van der Waals surface area contributed by atoms with E-state index < -0.39 is 5.72 Å². The van der Waals surface area contributed by atoms with Crippen LogP contribution >= 0.6 is 0 Å². The Morgan fingerprint density at radius 1 is 1.00 bits per heavy atom. The second kappa shape index (κ2) is 8.44. The highest BCUT2D eigenvalue weighted by molar-refractivity contribution is 6.11. The van der Waals surface area contributed by atoms with E-state index in [0.29, 0.717) is 28.3 Å². The average molecular weight is 418 g/mol. The molecule has 0 saturated carbocycles. The minimum Gasteiger partial charge on any atom is -0.493 e. The first kappa shape index (κ1) is 20.9. The first-order valence-electron chi connectivity index (χ1n) is 10.5. The molecule has 5 nitrogen and oxygen atoms in total. The molecule has 0 bridgehead atoms. The normalized spacial score (nSPS) is 18.6. The summed E-state index contributed by atoms with van der Waals surface area (Å²) in [4.78, 5) is 14.5. The number of hydrogen-bond acceptors (Lipinski definition) is 4. The van der Waals surface area contributed by atoms with E-state index in [1.165, 1.54) is 10.5 Å². The molecule has 1 heterocycles. The summed E-state index contributed by atoms with van der Waals surface area (Å²) < 4.78 is 11.7. The maximum atomic E-state index is 13.1. The molecule has 0 radical (unpaired) electrons. The summed E-state index contributed by atoms with van der Waals surface area (Å²) in [5.74, 6) is 0.882. The van der Waals surface area contributed by atoms with Crippen LogP contribution in [0.25, 0.3) is 0 Å². The van der Waals surface area contributed by atoms with Gasteiger partial charge in [0.05, 0.1) is 18.9 Å². The molecule has 2 atom stereocenters. The van der Waals surface area contributed by atoms with Gasteiger partial charge in [-0.1, -0.05) is 48.5 Å². The predicted molar refractivity (Wildman–Crippen MR) is 121 cm³/mol. The van der Waals surface area contributed by atoms with E-state index in [1.807, 2.05) is 31.2 Å². The van der Waals surface area contributed by atoms with Crippen molar-refractivity contribution in [3.8, 4) is 11.5 Å². The number of hydrogen-bond donors (Lipinski definition) is 1. The fourth-order valence-corrected chi connectivity index (χ4v) is 4.08. The van der Waals surface area contributed by atoms with Gasteiger partial charge in [0, 0.05) is 17.2 Å². The Labute approximate surface area is 182 Å². The lowest BCUT2D eigenvalue weighted by Gasteiger charge is -2.31. The minimum absolute atomic E-state index is 0.0589. The second-order valence-electron chi connectivity index (χ2n) is 7.99. The van der Waals surface area contributed by atoms with E-state index in [4.69, 9.17) is 9.47 Å². The number of carbonyl (C=O) groups excluding carboxylic acids is 1. The molecule has 31 heavy (non-hydrogen) atoms. The molecule has 1 amide bonds. The topological polar surface area (TPSA) is 59.0 Å². The number of aliphatic hydroxyl groups is 1. The van der Waals surface area contributed by atoms with Crippen molar-refractivity contribution in [2.75, 3.05) is 12.0 Å². The van der Waals surface area contributed by atoms with Crippen LogP contribution in [0.2, 0.25) is 0 Å². The smallest absolute Gasteiger partial charge is 0.261 e. The van der Waals surface area contributed by atoms with Crippen molar-refractivity contribution in [1.82, 2.24) is 0 Å². The lowest BCUT2D eigenvalue weighted by Crippen LogP contribution is -2.41. The number of benzene rings is 3. The van der Waals surface area contributed by atoms with Crippen LogP contribution in [0.4, 0.5) is 5.69 Å². The van der Waals surface area contributed by atoms with Gasteiger partial charge in [-0.2, -0.15) is 0 Å². The number of aryl methyl sites for hydroxylation is 1. The average Bonchev–Trinajstić information content (AvgIpc) is 2.98. The zero-order valence-electron chi connectivity index (χ0n) is 18.0. The number of nitrogens with zero attached hydrogens (tertiary/aromatic N) is 1. The van der Waals surface area contributed by atoms with E-state index in [2.05, 4.69) is 12.1 Å². The summed E-state index contributed by atoms with van der Waals surface area (Å²) >= 11 is 0. The molecular formula is C26H27NO4. The number of carbonyl (C=O) groups is 1. The standard InChI is InChI=1S/C26H27NO4/c1-18(13-14-19-9-5-4-6-10-19)31-24-17-20(15-16-23(24)30-3)27-25(28)21-11-7-8-12-22(21)26(27,2)29/h4-12,15-18,29H,13-14H2,1-3H3. The molecule has 0 spiro atoms. The van der Waals surface area contributed by atoms with Crippen molar-refractivity contribution < 1.29 is 19.4 Å². The fraction of sp³-hybridized carbons (Fsp3) is 0.269. The molecule has 1 aliphatic heterocycles. The summed E-state index contributed by atoms with van der Waals surface area (Å²) in [5.41, 5.74) is 1.46. The maximum absolute atomic E-state index is 13.1. The van der Waals surface area contributed by atoms with Crippen LogP contribution in [-0.4, -0.2) is 24.2 Å². The minimum atomic E-state index is -1.45. The summed E-state index contributed by atoms with van der Waals surface area (Å²) in [6.45, 7) is 3.64. The summed E-state index contributed by atoms with van der Waals surface area (Å²) in [7, 11) is 1.59. The molecular weight excluding hydrogens is 390 g/mol. The highest BCUT2D eigenvalue weighted by Crippen LogP contribution is 2.42. The van der Waals surface area contributed by atoms with E-state index in [-0.39, 0.29) is 12.0 Å². The van der Waals surface area contributed by atoms with Gasteiger partial charge in [0.15, 0.2) is 17.2 Å². The van der Waals surface area contributed by atoms with Crippen molar-refractivity contribution in [3.63, 3.8) is 0 Å². The zero-order chi connectivity index (χ0) is 22.0. The molecule has 0 aliphatic carbocycles. The Morgan fingerprint density at radius 2 is 1.71 bits per heavy atom.